The average Bonchev–Trinajstić information content (AvgIpc) is 2.29. The maximum Gasteiger partial charge on any atom is 0.142 e. The lowest BCUT2D eigenvalue weighted by Crippen LogP contribution is -1.89. The third-order valence-corrected chi connectivity index (χ3v) is 2.24. The summed E-state index contributed by atoms with van der Waals surface area (Å²) in [5, 5.41) is 18.8. The molecular weight excluding hydrogens is 291 g/mol. The second-order valence-corrected chi connectivity index (χ2v) is 3.54. The predicted octanol–water partition coefficient (Wildman–Crippen LogP) is 2.90. The maximum absolute atomic E-state index is 9.40. The molecule has 104 valence electrons. The van der Waals surface area contributed by atoms with Crippen molar-refractivity contribution >= 4 is 36.2 Å². The summed E-state index contributed by atoms with van der Waals surface area (Å²) in [6.07, 6.45) is 0. The van der Waals surface area contributed by atoms with Crippen LogP contribution in [0.4, 0.5) is 11.4 Å². The molecule has 0 amide bonds. The van der Waals surface area contributed by atoms with Crippen molar-refractivity contribution < 1.29 is 14.9 Å². The lowest BCUT2D eigenvalue weighted by molar-refractivity contribution is 0.448. The number of hydrogen-bond acceptors (Lipinski definition) is 5. The number of ether oxygens (including phenoxy) is 1. The van der Waals surface area contributed by atoms with Gasteiger partial charge >= 0.3 is 0 Å². The van der Waals surface area contributed by atoms with Crippen molar-refractivity contribution in [3.8, 4) is 23.0 Å². The first-order chi connectivity index (χ1) is 8.06. The summed E-state index contributed by atoms with van der Waals surface area (Å²) in [5.41, 5.74) is 11.5. The number of nitrogen functional groups attached to an aromatic ring is 2. The number of phenols is 2. The van der Waals surface area contributed by atoms with E-state index in [0.29, 0.717) is 11.5 Å². The standard InChI is InChI=1S/C12H12N2O3.2ClH/c13-9-3-1-7(5-11(9)15)17-8-2-4-10(14)12(16)6-8;;/h1-6,15-16H,13-14H2;2*1H. The van der Waals surface area contributed by atoms with Crippen LogP contribution in [-0.4, -0.2) is 10.2 Å². The fourth-order valence-corrected chi connectivity index (χ4v) is 1.31. The van der Waals surface area contributed by atoms with Gasteiger partial charge in [-0.3, -0.25) is 0 Å². The molecule has 0 aliphatic heterocycles. The summed E-state index contributed by atoms with van der Waals surface area (Å²) in [4.78, 5) is 0. The topological polar surface area (TPSA) is 102 Å². The molecule has 5 nitrogen and oxygen atoms in total. The molecule has 19 heavy (non-hydrogen) atoms. The Morgan fingerprint density at radius 3 is 1.42 bits per heavy atom. The minimum absolute atomic E-state index is 0. The minimum atomic E-state index is -0.0535. The zero-order valence-electron chi connectivity index (χ0n) is 9.74. The molecule has 0 fully saturated rings. The average molecular weight is 305 g/mol. The molecule has 0 saturated heterocycles. The second kappa shape index (κ2) is 6.82. The van der Waals surface area contributed by atoms with Gasteiger partial charge in [0.15, 0.2) is 0 Å². The quantitative estimate of drug-likeness (QED) is 0.505. The number of hydrogen-bond donors (Lipinski definition) is 4. The van der Waals surface area contributed by atoms with Crippen LogP contribution in [0.15, 0.2) is 36.4 Å². The van der Waals surface area contributed by atoms with Crippen LogP contribution in [0.5, 0.6) is 23.0 Å². The Kier molecular flexibility index (Phi) is 6.11. The van der Waals surface area contributed by atoms with Gasteiger partial charge in [0.1, 0.15) is 23.0 Å². The highest BCUT2D eigenvalue weighted by atomic mass is 35.5. The van der Waals surface area contributed by atoms with Crippen molar-refractivity contribution in [1.82, 2.24) is 0 Å². The van der Waals surface area contributed by atoms with Crippen LogP contribution in [-0.2, 0) is 0 Å². The number of aromatic hydroxyl groups is 2. The molecule has 0 aliphatic carbocycles. The molecule has 0 aliphatic rings. The Hall–Kier alpha value is -1.98. The predicted molar refractivity (Wildman–Crippen MR) is 79.6 cm³/mol. The first-order valence-corrected chi connectivity index (χ1v) is 4.91. The van der Waals surface area contributed by atoms with Crippen molar-refractivity contribution in [2.24, 2.45) is 0 Å². The molecule has 7 heteroatoms. The maximum atomic E-state index is 9.40. The van der Waals surface area contributed by atoms with E-state index < -0.39 is 0 Å². The Bertz CT molecular complexity index is 515. The van der Waals surface area contributed by atoms with Gasteiger partial charge in [0, 0.05) is 12.1 Å². The van der Waals surface area contributed by atoms with E-state index >= 15 is 0 Å². The Morgan fingerprint density at radius 1 is 0.737 bits per heavy atom. The first-order valence-electron chi connectivity index (χ1n) is 4.91. The van der Waals surface area contributed by atoms with E-state index in [-0.39, 0.29) is 47.7 Å². The molecule has 2 aromatic carbocycles. The van der Waals surface area contributed by atoms with E-state index in [1.165, 1.54) is 24.3 Å². The monoisotopic (exact) mass is 304 g/mol. The van der Waals surface area contributed by atoms with E-state index in [1.54, 1.807) is 12.1 Å². The van der Waals surface area contributed by atoms with Gasteiger partial charge in [0.05, 0.1) is 11.4 Å². The highest BCUT2D eigenvalue weighted by molar-refractivity contribution is 5.85. The summed E-state index contributed by atoms with van der Waals surface area (Å²) in [5.74, 6) is 0.728. The zero-order valence-corrected chi connectivity index (χ0v) is 11.4. The number of rotatable bonds is 2. The summed E-state index contributed by atoms with van der Waals surface area (Å²) in [6.45, 7) is 0. The normalized spacial score (nSPS) is 9.05. The van der Waals surface area contributed by atoms with Crippen molar-refractivity contribution in [2.75, 3.05) is 11.5 Å². The fourth-order valence-electron chi connectivity index (χ4n) is 1.31. The molecule has 0 saturated carbocycles. The van der Waals surface area contributed by atoms with Crippen LogP contribution in [0.2, 0.25) is 0 Å². The summed E-state index contributed by atoms with van der Waals surface area (Å²) >= 11 is 0. The zero-order chi connectivity index (χ0) is 12.4. The van der Waals surface area contributed by atoms with E-state index in [1.807, 2.05) is 0 Å². The molecule has 0 atom stereocenters. The highest BCUT2D eigenvalue weighted by Gasteiger charge is 2.03. The van der Waals surface area contributed by atoms with Crippen LogP contribution in [0.25, 0.3) is 0 Å². The van der Waals surface area contributed by atoms with Crippen molar-refractivity contribution in [3.63, 3.8) is 0 Å². The number of nitrogens with two attached hydrogens (primary N) is 2. The molecule has 6 N–H and O–H groups in total. The van der Waals surface area contributed by atoms with Gasteiger partial charge in [-0.05, 0) is 24.3 Å². The van der Waals surface area contributed by atoms with Crippen molar-refractivity contribution in [3.05, 3.63) is 36.4 Å². The van der Waals surface area contributed by atoms with Gasteiger partial charge in [-0.2, -0.15) is 0 Å². The SMILES string of the molecule is Cl.Cl.Nc1ccc(Oc2ccc(N)c(O)c2)cc1O. The lowest BCUT2D eigenvalue weighted by atomic mass is 10.2. The number of anilines is 2. The van der Waals surface area contributed by atoms with Gasteiger partial charge < -0.3 is 26.4 Å². The molecule has 0 radical (unpaired) electrons. The molecular formula is C12H14Cl2N2O3. The third-order valence-electron chi connectivity index (χ3n) is 2.24. The van der Waals surface area contributed by atoms with Crippen molar-refractivity contribution in [2.45, 2.75) is 0 Å². The van der Waals surface area contributed by atoms with Crippen LogP contribution in [0.3, 0.4) is 0 Å². The van der Waals surface area contributed by atoms with Crippen molar-refractivity contribution in [1.29, 1.82) is 0 Å². The van der Waals surface area contributed by atoms with Gasteiger partial charge in [0.2, 0.25) is 0 Å². The molecule has 0 bridgehead atoms. The molecule has 0 aromatic heterocycles. The molecule has 0 unspecified atom stereocenters. The summed E-state index contributed by atoms with van der Waals surface area (Å²) in [6, 6.07) is 9.07. The number of phenolic OH excluding ortho intramolecular Hbond substituents is 2. The Morgan fingerprint density at radius 2 is 1.11 bits per heavy atom. The second-order valence-electron chi connectivity index (χ2n) is 3.54. The molecule has 2 rings (SSSR count). The number of halogens is 2. The van der Waals surface area contributed by atoms with E-state index in [0.717, 1.165) is 0 Å². The first kappa shape index (κ1) is 17.0. The van der Waals surface area contributed by atoms with Gasteiger partial charge in [-0.1, -0.05) is 0 Å². The van der Waals surface area contributed by atoms with Gasteiger partial charge in [0.25, 0.3) is 0 Å². The number of benzene rings is 2. The van der Waals surface area contributed by atoms with E-state index in [9.17, 15) is 10.2 Å². The van der Waals surface area contributed by atoms with E-state index in [2.05, 4.69) is 0 Å². The van der Waals surface area contributed by atoms with Crippen LogP contribution < -0.4 is 16.2 Å². The van der Waals surface area contributed by atoms with Gasteiger partial charge in [-0.15, -0.1) is 24.8 Å². The molecule has 0 heterocycles. The Labute approximate surface area is 122 Å². The third kappa shape index (κ3) is 4.01. The van der Waals surface area contributed by atoms with E-state index in [4.69, 9.17) is 16.2 Å². The minimum Gasteiger partial charge on any atom is -0.506 e. The smallest absolute Gasteiger partial charge is 0.142 e. The molecule has 0 spiro atoms. The summed E-state index contributed by atoms with van der Waals surface area (Å²) < 4.78 is 5.42. The molecule has 2 aromatic rings. The largest absolute Gasteiger partial charge is 0.506 e. The van der Waals surface area contributed by atoms with Crippen LogP contribution in [0, 0.1) is 0 Å². The van der Waals surface area contributed by atoms with Crippen LogP contribution in [0.1, 0.15) is 0 Å². The fraction of sp³-hybridized carbons (Fsp3) is 0. The van der Waals surface area contributed by atoms with Crippen LogP contribution >= 0.6 is 24.8 Å². The lowest BCUT2D eigenvalue weighted by Gasteiger charge is -2.08. The summed E-state index contributed by atoms with van der Waals surface area (Å²) in [7, 11) is 0. The Balaban J connectivity index is 0.00000162. The highest BCUT2D eigenvalue weighted by Crippen LogP contribution is 2.31. The van der Waals surface area contributed by atoms with Gasteiger partial charge in [-0.25, -0.2) is 0 Å².